The summed E-state index contributed by atoms with van der Waals surface area (Å²) >= 11 is 0. The van der Waals surface area contributed by atoms with E-state index in [4.69, 9.17) is 4.74 Å². The Morgan fingerprint density at radius 1 is 1.25 bits per heavy atom. The number of nitro benzene ring substituents is 1. The summed E-state index contributed by atoms with van der Waals surface area (Å²) in [5, 5.41) is 10.7. The molecule has 1 aromatic rings. The molecule has 2 rings (SSSR count). The van der Waals surface area contributed by atoms with Crippen LogP contribution in [-0.2, 0) is 14.9 Å². The van der Waals surface area contributed by atoms with Gasteiger partial charge in [-0.15, -0.1) is 0 Å². The van der Waals surface area contributed by atoms with Crippen molar-refractivity contribution in [2.75, 3.05) is 27.3 Å². The second-order valence-corrected chi connectivity index (χ2v) is 5.20. The van der Waals surface area contributed by atoms with E-state index in [1.54, 1.807) is 31.1 Å². The highest BCUT2D eigenvalue weighted by Gasteiger charge is 2.42. The van der Waals surface area contributed by atoms with Crippen LogP contribution in [0.5, 0.6) is 0 Å². The van der Waals surface area contributed by atoms with Gasteiger partial charge in [-0.2, -0.15) is 0 Å². The molecule has 0 aromatic heterocycles. The van der Waals surface area contributed by atoms with Crippen LogP contribution in [0.25, 0.3) is 0 Å². The fraction of sp³-hybridized carbons (Fsp3) is 0.500. The molecule has 0 N–H and O–H groups in total. The monoisotopic (exact) mass is 278 g/mol. The highest BCUT2D eigenvalue weighted by atomic mass is 16.6. The van der Waals surface area contributed by atoms with Crippen molar-refractivity contribution in [3.8, 4) is 0 Å². The van der Waals surface area contributed by atoms with E-state index in [0.29, 0.717) is 26.1 Å². The molecule has 0 aliphatic carbocycles. The van der Waals surface area contributed by atoms with Gasteiger partial charge in [0.25, 0.3) is 5.69 Å². The van der Waals surface area contributed by atoms with Crippen LogP contribution < -0.4 is 0 Å². The number of non-ortho nitro benzene ring substituents is 1. The first-order valence-electron chi connectivity index (χ1n) is 6.52. The summed E-state index contributed by atoms with van der Waals surface area (Å²) in [7, 11) is 3.45. The number of hydrogen-bond donors (Lipinski definition) is 0. The van der Waals surface area contributed by atoms with Gasteiger partial charge in [0.05, 0.1) is 10.3 Å². The molecule has 1 aliphatic rings. The molecule has 0 atom stereocenters. The summed E-state index contributed by atoms with van der Waals surface area (Å²) in [6, 6.07) is 6.28. The lowest BCUT2D eigenvalue weighted by molar-refractivity contribution is -0.384. The summed E-state index contributed by atoms with van der Waals surface area (Å²) in [6.07, 6.45) is 1.20. The Kier molecular flexibility index (Phi) is 4.04. The van der Waals surface area contributed by atoms with Crippen LogP contribution in [-0.4, -0.2) is 43.0 Å². The van der Waals surface area contributed by atoms with Gasteiger partial charge in [0.2, 0.25) is 5.91 Å². The molecule has 6 nitrogen and oxygen atoms in total. The Hall–Kier alpha value is -1.95. The van der Waals surface area contributed by atoms with Gasteiger partial charge in [-0.25, -0.2) is 0 Å². The molecular weight excluding hydrogens is 260 g/mol. The van der Waals surface area contributed by atoms with Crippen molar-refractivity contribution >= 4 is 11.6 Å². The first-order chi connectivity index (χ1) is 9.47. The number of benzene rings is 1. The third-order valence-corrected chi connectivity index (χ3v) is 3.79. The van der Waals surface area contributed by atoms with Crippen LogP contribution in [0, 0.1) is 10.1 Å². The van der Waals surface area contributed by atoms with Crippen molar-refractivity contribution in [2.24, 2.45) is 0 Å². The molecule has 1 amide bonds. The van der Waals surface area contributed by atoms with Crippen molar-refractivity contribution < 1.29 is 14.5 Å². The van der Waals surface area contributed by atoms with Crippen LogP contribution >= 0.6 is 0 Å². The number of carbonyl (C=O) groups is 1. The number of rotatable bonds is 3. The summed E-state index contributed by atoms with van der Waals surface area (Å²) in [4.78, 5) is 24.4. The van der Waals surface area contributed by atoms with Gasteiger partial charge in [0.15, 0.2) is 0 Å². The summed E-state index contributed by atoms with van der Waals surface area (Å²) < 4.78 is 5.36. The van der Waals surface area contributed by atoms with Crippen LogP contribution in [0.15, 0.2) is 24.3 Å². The van der Waals surface area contributed by atoms with E-state index in [9.17, 15) is 14.9 Å². The predicted molar refractivity (Wildman–Crippen MR) is 73.5 cm³/mol. The average Bonchev–Trinajstić information content (AvgIpc) is 2.47. The molecule has 0 bridgehead atoms. The smallest absolute Gasteiger partial charge is 0.269 e. The minimum Gasteiger partial charge on any atom is -0.381 e. The largest absolute Gasteiger partial charge is 0.381 e. The zero-order valence-electron chi connectivity index (χ0n) is 11.7. The molecule has 1 aliphatic heterocycles. The molecule has 6 heteroatoms. The number of hydrogen-bond acceptors (Lipinski definition) is 4. The van der Waals surface area contributed by atoms with Gasteiger partial charge in [0, 0.05) is 39.4 Å². The maximum atomic E-state index is 12.6. The standard InChI is InChI=1S/C14H18N2O4/c1-15(2)13(17)14(7-9-20-10-8-14)11-3-5-12(6-4-11)16(18)19/h3-6H,7-10H2,1-2H3. The van der Waals surface area contributed by atoms with Gasteiger partial charge in [-0.05, 0) is 18.4 Å². The molecule has 1 fully saturated rings. The lowest BCUT2D eigenvalue weighted by Crippen LogP contribution is -2.47. The van der Waals surface area contributed by atoms with Crippen molar-refractivity contribution in [3.63, 3.8) is 0 Å². The van der Waals surface area contributed by atoms with Gasteiger partial charge in [0.1, 0.15) is 0 Å². The van der Waals surface area contributed by atoms with Crippen molar-refractivity contribution in [1.82, 2.24) is 4.90 Å². The Morgan fingerprint density at radius 2 is 1.80 bits per heavy atom. The average molecular weight is 278 g/mol. The molecule has 0 spiro atoms. The highest BCUT2D eigenvalue weighted by molar-refractivity contribution is 5.88. The Morgan fingerprint density at radius 3 is 2.25 bits per heavy atom. The maximum Gasteiger partial charge on any atom is 0.269 e. The predicted octanol–water partition coefficient (Wildman–Crippen LogP) is 1.73. The molecule has 1 aromatic carbocycles. The number of nitro groups is 1. The molecule has 0 radical (unpaired) electrons. The maximum absolute atomic E-state index is 12.6. The lowest BCUT2D eigenvalue weighted by atomic mass is 9.73. The number of ether oxygens (including phenoxy) is 1. The topological polar surface area (TPSA) is 72.7 Å². The number of amides is 1. The number of nitrogens with zero attached hydrogens (tertiary/aromatic N) is 2. The molecule has 20 heavy (non-hydrogen) atoms. The second kappa shape index (κ2) is 5.58. The Bertz CT molecular complexity index is 504. The normalized spacial score (nSPS) is 17.5. The first-order valence-corrected chi connectivity index (χ1v) is 6.52. The van der Waals surface area contributed by atoms with E-state index in [2.05, 4.69) is 0 Å². The minimum absolute atomic E-state index is 0.0228. The van der Waals surface area contributed by atoms with Gasteiger partial charge in [-0.1, -0.05) is 12.1 Å². The van der Waals surface area contributed by atoms with E-state index in [1.807, 2.05) is 0 Å². The van der Waals surface area contributed by atoms with Crippen LogP contribution in [0.1, 0.15) is 18.4 Å². The third-order valence-electron chi connectivity index (χ3n) is 3.79. The Balaban J connectivity index is 2.40. The van der Waals surface area contributed by atoms with E-state index < -0.39 is 10.3 Å². The van der Waals surface area contributed by atoms with Crippen molar-refractivity contribution in [2.45, 2.75) is 18.3 Å². The fourth-order valence-corrected chi connectivity index (χ4v) is 2.68. The highest BCUT2D eigenvalue weighted by Crippen LogP contribution is 2.37. The molecule has 0 unspecified atom stereocenters. The van der Waals surface area contributed by atoms with E-state index in [-0.39, 0.29) is 11.6 Å². The SMILES string of the molecule is CN(C)C(=O)C1(c2ccc([N+](=O)[O-])cc2)CCOCC1. The molecular formula is C14H18N2O4. The first kappa shape index (κ1) is 14.5. The second-order valence-electron chi connectivity index (χ2n) is 5.20. The summed E-state index contributed by atoms with van der Waals surface area (Å²) in [5.74, 6) is 0.0228. The molecule has 1 saturated heterocycles. The summed E-state index contributed by atoms with van der Waals surface area (Å²) in [5.41, 5.74) is 0.231. The van der Waals surface area contributed by atoms with Crippen LogP contribution in [0.2, 0.25) is 0 Å². The molecule has 0 saturated carbocycles. The van der Waals surface area contributed by atoms with E-state index in [1.165, 1.54) is 12.1 Å². The quantitative estimate of drug-likeness (QED) is 0.623. The van der Waals surface area contributed by atoms with Crippen molar-refractivity contribution in [3.05, 3.63) is 39.9 Å². The van der Waals surface area contributed by atoms with Gasteiger partial charge in [-0.3, -0.25) is 14.9 Å². The van der Waals surface area contributed by atoms with Gasteiger partial charge < -0.3 is 9.64 Å². The minimum atomic E-state index is -0.628. The number of carbonyl (C=O) groups excluding carboxylic acids is 1. The van der Waals surface area contributed by atoms with Crippen LogP contribution in [0.3, 0.4) is 0 Å². The van der Waals surface area contributed by atoms with Crippen molar-refractivity contribution in [1.29, 1.82) is 0 Å². The summed E-state index contributed by atoms with van der Waals surface area (Å²) in [6.45, 7) is 1.05. The Labute approximate surface area is 117 Å². The van der Waals surface area contributed by atoms with E-state index >= 15 is 0 Å². The lowest BCUT2D eigenvalue weighted by Gasteiger charge is -2.38. The van der Waals surface area contributed by atoms with E-state index in [0.717, 1.165) is 5.56 Å². The zero-order chi connectivity index (χ0) is 14.8. The zero-order valence-corrected chi connectivity index (χ0v) is 11.7. The fourth-order valence-electron chi connectivity index (χ4n) is 2.68. The third kappa shape index (κ3) is 2.51. The number of likely N-dealkylation sites (N-methyl/N-ethyl adjacent to an activating group) is 1. The van der Waals surface area contributed by atoms with Crippen LogP contribution in [0.4, 0.5) is 5.69 Å². The molecule has 108 valence electrons. The molecule has 1 heterocycles. The van der Waals surface area contributed by atoms with Gasteiger partial charge >= 0.3 is 0 Å².